The number of carbonyl (C=O) groups is 1. The van der Waals surface area contributed by atoms with Crippen molar-refractivity contribution in [1.29, 1.82) is 0 Å². The summed E-state index contributed by atoms with van der Waals surface area (Å²) >= 11 is 5.89. The Kier molecular flexibility index (Phi) is 4.62. The number of anilines is 1. The maximum Gasteiger partial charge on any atom is 0.416 e. The monoisotopic (exact) mass is 382 g/mol. The van der Waals surface area contributed by atoms with Gasteiger partial charge in [-0.1, -0.05) is 16.8 Å². The Bertz CT molecular complexity index is 998. The zero-order valence-corrected chi connectivity index (χ0v) is 14.6. The van der Waals surface area contributed by atoms with Crippen LogP contribution in [-0.2, 0) is 17.5 Å². The summed E-state index contributed by atoms with van der Waals surface area (Å²) in [5.74, 6) is -0.559. The molecule has 26 heavy (non-hydrogen) atoms. The van der Waals surface area contributed by atoms with Crippen LogP contribution < -0.4 is 5.32 Å². The zero-order valence-electron chi connectivity index (χ0n) is 13.9. The Morgan fingerprint density at radius 2 is 1.88 bits per heavy atom. The number of nitrogens with zero attached hydrogens (tertiary/aromatic N) is 3. The number of nitrogens with one attached hydrogen (secondary N) is 1. The van der Waals surface area contributed by atoms with Crippen LogP contribution in [0.25, 0.3) is 11.0 Å². The lowest BCUT2D eigenvalue weighted by atomic mass is 10.1. The third kappa shape index (κ3) is 3.65. The number of benzene rings is 2. The van der Waals surface area contributed by atoms with Gasteiger partial charge in [-0.2, -0.15) is 13.2 Å². The number of hydrogen-bond acceptors (Lipinski definition) is 3. The molecule has 0 bridgehead atoms. The second-order valence-electron chi connectivity index (χ2n) is 5.91. The molecule has 0 radical (unpaired) electrons. The first-order valence-electron chi connectivity index (χ1n) is 7.62. The van der Waals surface area contributed by atoms with E-state index in [0.717, 1.165) is 29.3 Å². The summed E-state index contributed by atoms with van der Waals surface area (Å²) in [7, 11) is 0. The van der Waals surface area contributed by atoms with Gasteiger partial charge >= 0.3 is 6.18 Å². The van der Waals surface area contributed by atoms with Crippen molar-refractivity contribution in [2.75, 3.05) is 5.32 Å². The van der Waals surface area contributed by atoms with E-state index >= 15 is 0 Å². The average Bonchev–Trinajstić information content (AvgIpc) is 2.91. The van der Waals surface area contributed by atoms with Crippen molar-refractivity contribution >= 4 is 34.2 Å². The van der Waals surface area contributed by atoms with E-state index in [1.54, 1.807) is 0 Å². The summed E-state index contributed by atoms with van der Waals surface area (Å²) in [5, 5.41) is 10.3. The lowest BCUT2D eigenvalue weighted by Gasteiger charge is -2.12. The molecule has 0 aliphatic rings. The van der Waals surface area contributed by atoms with Crippen molar-refractivity contribution in [2.45, 2.75) is 26.6 Å². The molecular formula is C17H14ClF3N4O. The highest BCUT2D eigenvalue weighted by atomic mass is 35.5. The van der Waals surface area contributed by atoms with Gasteiger partial charge in [-0.05, 0) is 55.3 Å². The molecule has 9 heteroatoms. The highest BCUT2D eigenvalue weighted by Gasteiger charge is 2.31. The fourth-order valence-electron chi connectivity index (χ4n) is 2.46. The predicted molar refractivity (Wildman–Crippen MR) is 92.1 cm³/mol. The maximum absolute atomic E-state index is 12.8. The molecule has 0 atom stereocenters. The standard InChI is InChI=1S/C17H14ClF3N4O/c1-9-5-14-15(6-10(9)2)25(24-23-14)8-16(26)22-13-7-11(17(19,20)21)3-4-12(13)18/h3-7H,8H2,1-2H3,(H,22,26). The highest BCUT2D eigenvalue weighted by Crippen LogP contribution is 2.33. The van der Waals surface area contributed by atoms with Crippen molar-refractivity contribution in [3.63, 3.8) is 0 Å². The summed E-state index contributed by atoms with van der Waals surface area (Å²) in [4.78, 5) is 12.2. The molecule has 0 aliphatic carbocycles. The molecule has 0 fully saturated rings. The molecular weight excluding hydrogens is 369 g/mol. The van der Waals surface area contributed by atoms with E-state index in [-0.39, 0.29) is 17.3 Å². The second kappa shape index (κ2) is 6.60. The van der Waals surface area contributed by atoms with Crippen LogP contribution >= 0.6 is 11.6 Å². The first-order valence-corrected chi connectivity index (χ1v) is 8.00. The van der Waals surface area contributed by atoms with Gasteiger partial charge in [-0.3, -0.25) is 4.79 Å². The number of rotatable bonds is 3. The number of aryl methyl sites for hydroxylation is 2. The number of aromatic nitrogens is 3. The summed E-state index contributed by atoms with van der Waals surface area (Å²) in [6.45, 7) is 3.66. The van der Waals surface area contributed by atoms with E-state index < -0.39 is 17.6 Å². The molecule has 0 unspecified atom stereocenters. The minimum Gasteiger partial charge on any atom is -0.323 e. The van der Waals surface area contributed by atoms with Gasteiger partial charge in [0.2, 0.25) is 5.91 Å². The van der Waals surface area contributed by atoms with Crippen molar-refractivity contribution in [3.8, 4) is 0 Å². The van der Waals surface area contributed by atoms with Crippen LogP contribution in [0.1, 0.15) is 16.7 Å². The number of amides is 1. The summed E-state index contributed by atoms with van der Waals surface area (Å²) in [5.41, 5.74) is 2.36. The quantitative estimate of drug-likeness (QED) is 0.732. The highest BCUT2D eigenvalue weighted by molar-refractivity contribution is 6.33. The van der Waals surface area contributed by atoms with Gasteiger partial charge in [0.25, 0.3) is 0 Å². The Hall–Kier alpha value is -2.61. The second-order valence-corrected chi connectivity index (χ2v) is 6.32. The number of carbonyl (C=O) groups excluding carboxylic acids is 1. The van der Waals surface area contributed by atoms with Gasteiger partial charge in [0.15, 0.2) is 0 Å². The molecule has 0 saturated carbocycles. The smallest absolute Gasteiger partial charge is 0.323 e. The van der Waals surface area contributed by atoms with Crippen LogP contribution in [0.3, 0.4) is 0 Å². The topological polar surface area (TPSA) is 59.8 Å². The molecule has 2 aromatic carbocycles. The van der Waals surface area contributed by atoms with Gasteiger partial charge < -0.3 is 5.32 Å². The van der Waals surface area contributed by atoms with Gasteiger partial charge in [0.1, 0.15) is 12.1 Å². The van der Waals surface area contributed by atoms with Crippen LogP contribution in [0.2, 0.25) is 5.02 Å². The molecule has 0 aliphatic heterocycles. The van der Waals surface area contributed by atoms with E-state index in [4.69, 9.17) is 11.6 Å². The molecule has 0 spiro atoms. The largest absolute Gasteiger partial charge is 0.416 e. The lowest BCUT2D eigenvalue weighted by Crippen LogP contribution is -2.20. The SMILES string of the molecule is Cc1cc2nnn(CC(=O)Nc3cc(C(F)(F)F)ccc3Cl)c2cc1C. The van der Waals surface area contributed by atoms with Gasteiger partial charge in [-0.25, -0.2) is 4.68 Å². The van der Waals surface area contributed by atoms with Crippen LogP contribution in [0.5, 0.6) is 0 Å². The van der Waals surface area contributed by atoms with Crippen molar-refractivity contribution < 1.29 is 18.0 Å². The predicted octanol–water partition coefficient (Wildman–Crippen LogP) is 4.36. The van der Waals surface area contributed by atoms with Crippen molar-refractivity contribution in [1.82, 2.24) is 15.0 Å². The number of fused-ring (bicyclic) bond motifs is 1. The minimum absolute atomic E-state index is 0.0151. The van der Waals surface area contributed by atoms with E-state index in [9.17, 15) is 18.0 Å². The molecule has 1 amide bonds. The summed E-state index contributed by atoms with van der Waals surface area (Å²) in [6.07, 6.45) is -4.53. The molecule has 0 saturated heterocycles. The van der Waals surface area contributed by atoms with Gasteiger partial charge in [0, 0.05) is 0 Å². The Morgan fingerprint density at radius 1 is 1.19 bits per heavy atom. The molecule has 5 nitrogen and oxygen atoms in total. The lowest BCUT2D eigenvalue weighted by molar-refractivity contribution is -0.137. The fourth-order valence-corrected chi connectivity index (χ4v) is 2.63. The first-order chi connectivity index (χ1) is 12.1. The van der Waals surface area contributed by atoms with Crippen LogP contribution in [0.4, 0.5) is 18.9 Å². The van der Waals surface area contributed by atoms with E-state index in [0.29, 0.717) is 11.0 Å². The van der Waals surface area contributed by atoms with Crippen molar-refractivity contribution in [2.24, 2.45) is 0 Å². The van der Waals surface area contributed by atoms with Gasteiger partial charge in [-0.15, -0.1) is 5.10 Å². The molecule has 1 N–H and O–H groups in total. The third-order valence-corrected chi connectivity index (χ3v) is 4.32. The molecule has 136 valence electrons. The average molecular weight is 383 g/mol. The molecule has 3 aromatic rings. The number of hydrogen-bond donors (Lipinski definition) is 1. The van der Waals surface area contributed by atoms with E-state index in [1.165, 1.54) is 4.68 Å². The molecule has 3 rings (SSSR count). The van der Waals surface area contributed by atoms with Crippen LogP contribution in [0, 0.1) is 13.8 Å². The van der Waals surface area contributed by atoms with Crippen molar-refractivity contribution in [3.05, 3.63) is 52.0 Å². The third-order valence-electron chi connectivity index (χ3n) is 3.99. The van der Waals surface area contributed by atoms with Gasteiger partial charge in [0.05, 0.1) is 21.8 Å². The van der Waals surface area contributed by atoms with E-state index in [2.05, 4.69) is 15.6 Å². The van der Waals surface area contributed by atoms with Crippen LogP contribution in [-0.4, -0.2) is 20.9 Å². The number of alkyl halides is 3. The summed E-state index contributed by atoms with van der Waals surface area (Å²) in [6, 6.07) is 6.46. The molecule has 1 heterocycles. The fraction of sp³-hybridized carbons (Fsp3) is 0.235. The minimum atomic E-state index is -4.53. The first kappa shape index (κ1) is 18.2. The van der Waals surface area contributed by atoms with E-state index in [1.807, 2.05) is 26.0 Å². The maximum atomic E-state index is 12.8. The normalized spacial score (nSPS) is 11.8. The molecule has 1 aromatic heterocycles. The number of halogens is 4. The Labute approximate surface area is 151 Å². The Morgan fingerprint density at radius 3 is 2.58 bits per heavy atom. The summed E-state index contributed by atoms with van der Waals surface area (Å²) < 4.78 is 39.8. The zero-order chi connectivity index (χ0) is 19.1. The Balaban J connectivity index is 1.83. The van der Waals surface area contributed by atoms with Crippen LogP contribution in [0.15, 0.2) is 30.3 Å².